The van der Waals surface area contributed by atoms with Gasteiger partial charge in [-0.1, -0.05) is 6.42 Å². The third-order valence-electron chi connectivity index (χ3n) is 1.38. The Kier molecular flexibility index (Phi) is 7.62. The summed E-state index contributed by atoms with van der Waals surface area (Å²) in [5.74, 6) is -0.135. The van der Waals surface area contributed by atoms with Crippen molar-refractivity contribution in [3.05, 3.63) is 0 Å². The highest BCUT2D eigenvalue weighted by molar-refractivity contribution is 6.13. The quantitative estimate of drug-likeness (QED) is 0.381. The number of methoxy groups -OCH3 is 1. The SMILES string of the molecule is COC(=O)CCCCCNCl. The Morgan fingerprint density at radius 1 is 1.45 bits per heavy atom. The number of carbonyl (C=O) groups is 1. The smallest absolute Gasteiger partial charge is 0.305 e. The summed E-state index contributed by atoms with van der Waals surface area (Å²) in [6, 6.07) is 0. The van der Waals surface area contributed by atoms with Crippen LogP contribution in [-0.4, -0.2) is 19.6 Å². The second-order valence-electron chi connectivity index (χ2n) is 2.27. The van der Waals surface area contributed by atoms with Crippen LogP contribution in [0.4, 0.5) is 0 Å². The number of ether oxygens (including phenoxy) is 1. The fourth-order valence-electron chi connectivity index (χ4n) is 0.740. The first-order valence-corrected chi connectivity index (χ1v) is 4.09. The van der Waals surface area contributed by atoms with E-state index in [0.717, 1.165) is 25.8 Å². The Labute approximate surface area is 72.2 Å². The van der Waals surface area contributed by atoms with E-state index in [1.54, 1.807) is 0 Å². The van der Waals surface area contributed by atoms with Crippen LogP contribution in [0.15, 0.2) is 0 Å². The maximum absolute atomic E-state index is 10.6. The first-order valence-electron chi connectivity index (χ1n) is 3.71. The van der Waals surface area contributed by atoms with Crippen LogP contribution in [0.25, 0.3) is 0 Å². The highest BCUT2D eigenvalue weighted by Crippen LogP contribution is 1.99. The lowest BCUT2D eigenvalue weighted by Gasteiger charge is -1.98. The zero-order valence-electron chi connectivity index (χ0n) is 6.73. The molecule has 1 N–H and O–H groups in total. The Hall–Kier alpha value is -0.280. The Balaban J connectivity index is 2.95. The standard InChI is InChI=1S/C7H14ClNO2/c1-11-7(10)5-3-2-4-6-9-8/h9H,2-6H2,1H3. The van der Waals surface area contributed by atoms with Gasteiger partial charge in [-0.3, -0.25) is 4.79 Å². The molecule has 0 aliphatic carbocycles. The van der Waals surface area contributed by atoms with Gasteiger partial charge >= 0.3 is 5.97 Å². The van der Waals surface area contributed by atoms with Gasteiger partial charge in [0, 0.05) is 13.0 Å². The van der Waals surface area contributed by atoms with Crippen LogP contribution in [0.1, 0.15) is 25.7 Å². The van der Waals surface area contributed by atoms with Crippen molar-refractivity contribution in [1.29, 1.82) is 0 Å². The van der Waals surface area contributed by atoms with Crippen LogP contribution in [0.2, 0.25) is 0 Å². The normalized spacial score (nSPS) is 9.64. The number of halogens is 1. The largest absolute Gasteiger partial charge is 0.469 e. The number of hydrogen-bond acceptors (Lipinski definition) is 3. The number of carbonyl (C=O) groups excluding carboxylic acids is 1. The molecular formula is C7H14ClNO2. The van der Waals surface area contributed by atoms with Crippen LogP contribution in [0.3, 0.4) is 0 Å². The molecule has 11 heavy (non-hydrogen) atoms. The molecule has 0 unspecified atom stereocenters. The van der Waals surface area contributed by atoms with Crippen molar-refractivity contribution in [3.63, 3.8) is 0 Å². The third-order valence-corrected chi connectivity index (χ3v) is 1.57. The maximum Gasteiger partial charge on any atom is 0.305 e. The van der Waals surface area contributed by atoms with Crippen LogP contribution in [0, 0.1) is 0 Å². The van der Waals surface area contributed by atoms with E-state index in [1.165, 1.54) is 7.11 Å². The van der Waals surface area contributed by atoms with E-state index in [9.17, 15) is 4.79 Å². The first-order chi connectivity index (χ1) is 5.31. The molecule has 3 nitrogen and oxygen atoms in total. The fraction of sp³-hybridized carbons (Fsp3) is 0.857. The van der Waals surface area contributed by atoms with E-state index in [1.807, 2.05) is 0 Å². The van der Waals surface area contributed by atoms with Crippen LogP contribution >= 0.6 is 11.8 Å². The topological polar surface area (TPSA) is 38.3 Å². The number of rotatable bonds is 6. The summed E-state index contributed by atoms with van der Waals surface area (Å²) in [4.78, 5) is 13.1. The van der Waals surface area contributed by atoms with Gasteiger partial charge in [0.1, 0.15) is 0 Å². The molecule has 0 aromatic carbocycles. The fourth-order valence-corrected chi connectivity index (χ4v) is 0.874. The zero-order chi connectivity index (χ0) is 8.53. The minimum Gasteiger partial charge on any atom is -0.469 e. The van der Waals surface area contributed by atoms with E-state index >= 15 is 0 Å². The predicted molar refractivity (Wildman–Crippen MR) is 44.3 cm³/mol. The van der Waals surface area contributed by atoms with Crippen molar-refractivity contribution in [3.8, 4) is 0 Å². The number of hydrogen-bond donors (Lipinski definition) is 1. The molecule has 0 atom stereocenters. The minimum atomic E-state index is -0.135. The molecule has 0 radical (unpaired) electrons. The lowest BCUT2D eigenvalue weighted by molar-refractivity contribution is -0.140. The molecule has 4 heteroatoms. The monoisotopic (exact) mass is 179 g/mol. The van der Waals surface area contributed by atoms with Crippen LogP contribution < -0.4 is 4.84 Å². The molecule has 0 aliphatic heterocycles. The number of nitrogens with one attached hydrogen (secondary N) is 1. The van der Waals surface area contributed by atoms with Gasteiger partial charge < -0.3 is 4.74 Å². The minimum absolute atomic E-state index is 0.135. The van der Waals surface area contributed by atoms with Crippen LogP contribution in [-0.2, 0) is 9.53 Å². The second kappa shape index (κ2) is 7.82. The van der Waals surface area contributed by atoms with Gasteiger partial charge in [-0.25, -0.2) is 4.84 Å². The molecule has 0 aliphatic rings. The number of esters is 1. The molecule has 0 saturated carbocycles. The van der Waals surface area contributed by atoms with Gasteiger partial charge in [0.2, 0.25) is 0 Å². The average molecular weight is 180 g/mol. The summed E-state index contributed by atoms with van der Waals surface area (Å²) < 4.78 is 4.48. The molecule has 66 valence electrons. The Morgan fingerprint density at radius 3 is 2.73 bits per heavy atom. The summed E-state index contributed by atoms with van der Waals surface area (Å²) in [6.45, 7) is 0.794. The first kappa shape index (κ1) is 10.7. The van der Waals surface area contributed by atoms with Gasteiger partial charge in [0.25, 0.3) is 0 Å². The van der Waals surface area contributed by atoms with Crippen molar-refractivity contribution in [1.82, 2.24) is 4.84 Å². The van der Waals surface area contributed by atoms with E-state index in [2.05, 4.69) is 9.57 Å². The van der Waals surface area contributed by atoms with E-state index in [4.69, 9.17) is 11.8 Å². The molecule has 0 bridgehead atoms. The third kappa shape index (κ3) is 7.62. The molecule has 0 aromatic rings. The zero-order valence-corrected chi connectivity index (χ0v) is 7.49. The maximum atomic E-state index is 10.6. The summed E-state index contributed by atoms with van der Waals surface area (Å²) >= 11 is 5.23. The van der Waals surface area contributed by atoms with Gasteiger partial charge in [-0.15, -0.1) is 0 Å². The van der Waals surface area contributed by atoms with Crippen molar-refractivity contribution in [2.45, 2.75) is 25.7 Å². The van der Waals surface area contributed by atoms with Gasteiger partial charge in [0.05, 0.1) is 7.11 Å². The highest BCUT2D eigenvalue weighted by Gasteiger charge is 1.97. The molecule has 0 rings (SSSR count). The molecule has 0 aromatic heterocycles. The second-order valence-corrected chi connectivity index (χ2v) is 2.54. The summed E-state index contributed by atoms with van der Waals surface area (Å²) in [6.07, 6.45) is 3.40. The molecule has 0 spiro atoms. The highest BCUT2D eigenvalue weighted by atomic mass is 35.5. The predicted octanol–water partition coefficient (Wildman–Crippen LogP) is 1.46. The molecule has 0 saturated heterocycles. The van der Waals surface area contributed by atoms with Crippen molar-refractivity contribution >= 4 is 17.7 Å². The van der Waals surface area contributed by atoms with Crippen molar-refractivity contribution in [2.24, 2.45) is 0 Å². The molecule has 0 heterocycles. The van der Waals surface area contributed by atoms with Gasteiger partial charge in [-0.2, -0.15) is 0 Å². The van der Waals surface area contributed by atoms with Crippen molar-refractivity contribution in [2.75, 3.05) is 13.7 Å². The van der Waals surface area contributed by atoms with Gasteiger partial charge in [-0.05, 0) is 24.6 Å². The van der Waals surface area contributed by atoms with Crippen molar-refractivity contribution < 1.29 is 9.53 Å². The Bertz CT molecular complexity index is 109. The average Bonchev–Trinajstić information content (AvgIpc) is 2.04. The Morgan fingerprint density at radius 2 is 2.18 bits per heavy atom. The van der Waals surface area contributed by atoms with E-state index in [-0.39, 0.29) is 5.97 Å². The van der Waals surface area contributed by atoms with Gasteiger partial charge in [0.15, 0.2) is 0 Å². The van der Waals surface area contributed by atoms with Crippen LogP contribution in [0.5, 0.6) is 0 Å². The van der Waals surface area contributed by atoms with E-state index in [0.29, 0.717) is 6.42 Å². The lowest BCUT2D eigenvalue weighted by atomic mass is 10.2. The molecular weight excluding hydrogens is 166 g/mol. The summed E-state index contributed by atoms with van der Waals surface area (Å²) in [5.41, 5.74) is 0. The lowest BCUT2D eigenvalue weighted by Crippen LogP contribution is -2.02. The number of unbranched alkanes of at least 4 members (excludes halogenated alkanes) is 2. The molecule has 0 fully saturated rings. The summed E-state index contributed by atoms with van der Waals surface area (Å²) in [7, 11) is 1.41. The van der Waals surface area contributed by atoms with E-state index < -0.39 is 0 Å². The molecule has 0 amide bonds. The summed E-state index contributed by atoms with van der Waals surface area (Å²) in [5, 5.41) is 0.